The van der Waals surface area contributed by atoms with E-state index in [0.29, 0.717) is 6.54 Å². The van der Waals surface area contributed by atoms with E-state index >= 15 is 0 Å². The third-order valence-corrected chi connectivity index (χ3v) is 8.46. The molecule has 2 aliphatic heterocycles. The summed E-state index contributed by atoms with van der Waals surface area (Å²) in [6.45, 7) is 2.69. The van der Waals surface area contributed by atoms with Crippen LogP contribution in [0.1, 0.15) is 52.2 Å². The van der Waals surface area contributed by atoms with Gasteiger partial charge in [-0.3, -0.25) is 14.6 Å². The summed E-state index contributed by atoms with van der Waals surface area (Å²) in [6.07, 6.45) is 11.9. The lowest BCUT2D eigenvalue weighted by molar-refractivity contribution is -0.122. The van der Waals surface area contributed by atoms with Crippen LogP contribution in [-0.2, 0) is 17.6 Å². The smallest absolute Gasteiger partial charge is 0.210 e. The molecule has 1 amide bonds. The van der Waals surface area contributed by atoms with Crippen LogP contribution >= 0.6 is 11.3 Å². The molecule has 2 aromatic rings. The van der Waals surface area contributed by atoms with Gasteiger partial charge < -0.3 is 9.80 Å². The number of aryl methyl sites for hydroxylation is 2. The van der Waals surface area contributed by atoms with Crippen LogP contribution in [0.3, 0.4) is 0 Å². The predicted molar refractivity (Wildman–Crippen MR) is 115 cm³/mol. The number of amides is 1. The number of aromatic nitrogens is 1. The Kier molecular flexibility index (Phi) is 4.90. The third kappa shape index (κ3) is 3.48. The summed E-state index contributed by atoms with van der Waals surface area (Å²) in [4.78, 5) is 35.6. The number of likely N-dealkylation sites (tertiary alicyclic amines) is 1. The molecule has 0 N–H and O–H groups in total. The maximum absolute atomic E-state index is 13.4. The maximum Gasteiger partial charge on any atom is 0.210 e. The molecular weight excluding hydrogens is 382 g/mol. The molecule has 5 rings (SSSR count). The monoisotopic (exact) mass is 409 g/mol. The highest BCUT2D eigenvalue weighted by molar-refractivity contribution is 7.14. The molecule has 2 saturated heterocycles. The SMILES string of the molecule is O=CN1CCC2(CCN(c3ccncc3)CC2)CC1C(=O)c1cc2c(s1)CCC2. The largest absolute Gasteiger partial charge is 0.371 e. The molecule has 6 heteroatoms. The molecule has 1 aliphatic carbocycles. The van der Waals surface area contributed by atoms with Gasteiger partial charge in [-0.2, -0.15) is 0 Å². The number of piperidine rings is 2. The van der Waals surface area contributed by atoms with E-state index in [-0.39, 0.29) is 17.2 Å². The number of carbonyl (C=O) groups excluding carboxylic acids is 2. The molecule has 0 radical (unpaired) electrons. The Morgan fingerprint density at radius 1 is 1.14 bits per heavy atom. The van der Waals surface area contributed by atoms with E-state index in [1.54, 1.807) is 16.2 Å². The number of ketones is 1. The average Bonchev–Trinajstić information content (AvgIpc) is 3.37. The molecule has 5 nitrogen and oxygen atoms in total. The van der Waals surface area contributed by atoms with Gasteiger partial charge in [-0.1, -0.05) is 0 Å². The quantitative estimate of drug-likeness (QED) is 0.570. The molecule has 2 fully saturated rings. The number of rotatable bonds is 4. The summed E-state index contributed by atoms with van der Waals surface area (Å²) in [6, 6.07) is 5.93. The lowest BCUT2D eigenvalue weighted by atomic mass is 9.68. The van der Waals surface area contributed by atoms with Crippen molar-refractivity contribution < 1.29 is 9.59 Å². The molecule has 0 saturated carbocycles. The molecule has 0 aromatic carbocycles. The van der Waals surface area contributed by atoms with E-state index in [0.717, 1.165) is 62.9 Å². The lowest BCUT2D eigenvalue weighted by Gasteiger charge is -2.49. The number of pyridine rings is 1. The molecule has 3 aliphatic rings. The highest BCUT2D eigenvalue weighted by Gasteiger charge is 2.44. The number of thiophene rings is 1. The van der Waals surface area contributed by atoms with Gasteiger partial charge in [0.2, 0.25) is 6.41 Å². The zero-order valence-electron chi connectivity index (χ0n) is 16.7. The molecule has 1 spiro atoms. The van der Waals surface area contributed by atoms with Crippen molar-refractivity contribution in [2.45, 2.75) is 51.0 Å². The number of anilines is 1. The number of hydrogen-bond donors (Lipinski definition) is 0. The molecule has 1 atom stereocenters. The van der Waals surface area contributed by atoms with Gasteiger partial charge in [0, 0.05) is 42.6 Å². The van der Waals surface area contributed by atoms with Gasteiger partial charge >= 0.3 is 0 Å². The fourth-order valence-corrected chi connectivity index (χ4v) is 6.63. The van der Waals surface area contributed by atoms with Crippen molar-refractivity contribution in [3.8, 4) is 0 Å². The van der Waals surface area contributed by atoms with Crippen molar-refractivity contribution in [3.05, 3.63) is 45.9 Å². The Balaban J connectivity index is 1.32. The van der Waals surface area contributed by atoms with Crippen LogP contribution in [0, 0.1) is 5.41 Å². The summed E-state index contributed by atoms with van der Waals surface area (Å²) in [5, 5.41) is 0. The van der Waals surface area contributed by atoms with E-state index in [1.807, 2.05) is 12.4 Å². The topological polar surface area (TPSA) is 53.5 Å². The Morgan fingerprint density at radius 3 is 2.62 bits per heavy atom. The third-order valence-electron chi connectivity index (χ3n) is 7.21. The minimum absolute atomic E-state index is 0.159. The fourth-order valence-electron chi connectivity index (χ4n) is 5.38. The average molecular weight is 410 g/mol. The van der Waals surface area contributed by atoms with Crippen molar-refractivity contribution >= 4 is 29.2 Å². The number of carbonyl (C=O) groups is 2. The van der Waals surface area contributed by atoms with E-state index in [9.17, 15) is 9.59 Å². The minimum Gasteiger partial charge on any atom is -0.371 e. The second kappa shape index (κ2) is 7.56. The molecule has 4 heterocycles. The van der Waals surface area contributed by atoms with Crippen LogP contribution < -0.4 is 4.90 Å². The second-order valence-corrected chi connectivity index (χ2v) is 9.92. The Labute approximate surface area is 175 Å². The van der Waals surface area contributed by atoms with Crippen LogP contribution in [0.5, 0.6) is 0 Å². The van der Waals surface area contributed by atoms with Crippen molar-refractivity contribution in [3.63, 3.8) is 0 Å². The number of fused-ring (bicyclic) bond motifs is 1. The fraction of sp³-hybridized carbons (Fsp3) is 0.522. The van der Waals surface area contributed by atoms with Gasteiger partial charge in [-0.15, -0.1) is 11.3 Å². The van der Waals surface area contributed by atoms with Gasteiger partial charge in [-0.25, -0.2) is 0 Å². The second-order valence-electron chi connectivity index (χ2n) is 8.78. The summed E-state index contributed by atoms with van der Waals surface area (Å²) in [5.41, 5.74) is 2.75. The van der Waals surface area contributed by atoms with E-state index in [2.05, 4.69) is 28.1 Å². The first-order valence-electron chi connectivity index (χ1n) is 10.7. The number of hydrogen-bond acceptors (Lipinski definition) is 5. The van der Waals surface area contributed by atoms with Crippen molar-refractivity contribution in [2.75, 3.05) is 24.5 Å². The van der Waals surface area contributed by atoms with E-state index < -0.39 is 0 Å². The molecule has 29 heavy (non-hydrogen) atoms. The van der Waals surface area contributed by atoms with Crippen LogP contribution in [0.2, 0.25) is 0 Å². The van der Waals surface area contributed by atoms with E-state index in [4.69, 9.17) is 0 Å². The molecule has 152 valence electrons. The van der Waals surface area contributed by atoms with Gasteiger partial charge in [0.15, 0.2) is 5.78 Å². The Morgan fingerprint density at radius 2 is 1.90 bits per heavy atom. The Hall–Kier alpha value is -2.21. The lowest BCUT2D eigenvalue weighted by Crippen LogP contribution is -2.53. The van der Waals surface area contributed by atoms with Gasteiger partial charge in [0.25, 0.3) is 0 Å². The highest BCUT2D eigenvalue weighted by atomic mass is 32.1. The zero-order valence-corrected chi connectivity index (χ0v) is 17.5. The van der Waals surface area contributed by atoms with Gasteiger partial charge in [0.1, 0.15) is 0 Å². The van der Waals surface area contributed by atoms with Crippen LogP contribution in [0.25, 0.3) is 0 Å². The number of Topliss-reactive ketones (excluding diaryl/α,β-unsaturated/α-hetero) is 1. The number of nitrogens with zero attached hydrogens (tertiary/aromatic N) is 3. The summed E-state index contributed by atoms with van der Waals surface area (Å²) >= 11 is 1.66. The van der Waals surface area contributed by atoms with Crippen LogP contribution in [-0.4, -0.2) is 47.8 Å². The standard InChI is InChI=1S/C23H27N3O2S/c27-16-26-13-8-23(6-11-25(12-7-23)18-4-9-24-10-5-18)15-19(26)22(28)21-14-17-2-1-3-20(17)29-21/h4-5,9-10,14,16,19H,1-3,6-8,11-13,15H2. The van der Waals surface area contributed by atoms with Gasteiger partial charge in [-0.05, 0) is 74.1 Å². The summed E-state index contributed by atoms with van der Waals surface area (Å²) in [5.74, 6) is 0.159. The molecular formula is C23H27N3O2S. The normalized spacial score (nSPS) is 23.2. The van der Waals surface area contributed by atoms with Crippen molar-refractivity contribution in [2.24, 2.45) is 5.41 Å². The minimum atomic E-state index is -0.299. The molecule has 1 unspecified atom stereocenters. The maximum atomic E-state index is 13.4. The summed E-state index contributed by atoms with van der Waals surface area (Å²) < 4.78 is 0. The van der Waals surface area contributed by atoms with Gasteiger partial charge in [0.05, 0.1) is 10.9 Å². The summed E-state index contributed by atoms with van der Waals surface area (Å²) in [7, 11) is 0. The van der Waals surface area contributed by atoms with Crippen molar-refractivity contribution in [1.29, 1.82) is 0 Å². The Bertz CT molecular complexity index is 881. The van der Waals surface area contributed by atoms with E-state index in [1.165, 1.54) is 22.5 Å². The highest BCUT2D eigenvalue weighted by Crippen LogP contribution is 2.45. The van der Waals surface area contributed by atoms with Crippen LogP contribution in [0.4, 0.5) is 5.69 Å². The predicted octanol–water partition coefficient (Wildman–Crippen LogP) is 3.72. The molecule has 0 bridgehead atoms. The zero-order chi connectivity index (χ0) is 19.8. The first-order chi connectivity index (χ1) is 14.2. The first kappa shape index (κ1) is 18.8. The van der Waals surface area contributed by atoms with Crippen molar-refractivity contribution in [1.82, 2.24) is 9.88 Å². The molecule has 2 aromatic heterocycles. The van der Waals surface area contributed by atoms with Crippen LogP contribution in [0.15, 0.2) is 30.6 Å². The first-order valence-corrected chi connectivity index (χ1v) is 11.5.